The first-order chi connectivity index (χ1) is 21.8. The van der Waals surface area contributed by atoms with Gasteiger partial charge in [-0.25, -0.2) is 13.2 Å². The van der Waals surface area contributed by atoms with Gasteiger partial charge in [0.1, 0.15) is 12.1 Å². The first kappa shape index (κ1) is 35.4. The van der Waals surface area contributed by atoms with Gasteiger partial charge in [0.25, 0.3) is 5.91 Å². The normalized spacial score (nSPS) is 15.3. The van der Waals surface area contributed by atoms with Crippen molar-refractivity contribution in [2.75, 3.05) is 36.8 Å². The molecule has 4 amide bonds. The highest BCUT2D eigenvalue weighted by atomic mass is 32.2. The number of nitrogens with one attached hydrogen (secondary N) is 6. The number of carbonyl (C=O) groups excluding carboxylic acids is 4. The molecule has 0 spiro atoms. The van der Waals surface area contributed by atoms with E-state index in [0.717, 1.165) is 4.31 Å². The fraction of sp³-hybridized carbons (Fsp3) is 0.357. The summed E-state index contributed by atoms with van der Waals surface area (Å²) in [4.78, 5) is 62.3. The van der Waals surface area contributed by atoms with Crippen LogP contribution >= 0.6 is 0 Å². The molecule has 248 valence electrons. The Hall–Kier alpha value is -5.07. The van der Waals surface area contributed by atoms with Crippen LogP contribution in [0.25, 0.3) is 0 Å². The van der Waals surface area contributed by atoms with E-state index >= 15 is 0 Å². The van der Waals surface area contributed by atoms with Crippen LogP contribution in [0.15, 0.2) is 53.4 Å². The number of rotatable bonds is 15. The summed E-state index contributed by atoms with van der Waals surface area (Å²) >= 11 is 0. The summed E-state index contributed by atoms with van der Waals surface area (Å²) in [5.74, 6) is -4.58. The van der Waals surface area contributed by atoms with Crippen molar-refractivity contribution in [1.29, 1.82) is 5.41 Å². The molecule has 2 atom stereocenters. The summed E-state index contributed by atoms with van der Waals surface area (Å²) < 4.78 is 27.2. The number of carboxylic acids is 1. The van der Waals surface area contributed by atoms with Crippen LogP contribution in [0.5, 0.6) is 0 Å². The minimum absolute atomic E-state index is 0.00382. The number of sulfonamides is 1. The molecule has 0 aliphatic carbocycles. The van der Waals surface area contributed by atoms with Gasteiger partial charge in [0.2, 0.25) is 27.7 Å². The third-order valence-corrected chi connectivity index (χ3v) is 8.67. The maximum absolute atomic E-state index is 13.1. The second-order valence-corrected chi connectivity index (χ2v) is 12.1. The lowest BCUT2D eigenvalue weighted by atomic mass is 10.1. The van der Waals surface area contributed by atoms with Crippen LogP contribution in [-0.2, 0) is 29.2 Å². The molecule has 2 aromatic rings. The molecule has 1 saturated heterocycles. The minimum Gasteiger partial charge on any atom is -0.480 e. The summed E-state index contributed by atoms with van der Waals surface area (Å²) in [5, 5.41) is 29.2. The lowest BCUT2D eigenvalue weighted by Gasteiger charge is -2.25. The van der Waals surface area contributed by atoms with E-state index in [1.807, 2.05) is 0 Å². The maximum Gasteiger partial charge on any atom is 0.328 e. The molecule has 18 heteroatoms. The van der Waals surface area contributed by atoms with E-state index in [0.29, 0.717) is 19.4 Å². The number of nitrogens with zero attached hydrogens (tertiary/aromatic N) is 1. The van der Waals surface area contributed by atoms with Gasteiger partial charge in [0, 0.05) is 36.4 Å². The Kier molecular flexibility index (Phi) is 12.5. The van der Waals surface area contributed by atoms with E-state index in [9.17, 15) is 37.5 Å². The predicted molar refractivity (Wildman–Crippen MR) is 167 cm³/mol. The number of guanidine groups is 1. The molecule has 1 fully saturated rings. The van der Waals surface area contributed by atoms with E-state index in [4.69, 9.17) is 16.9 Å². The Bertz CT molecular complexity index is 1570. The molecule has 11 N–H and O–H groups in total. The Balaban J connectivity index is 1.58. The van der Waals surface area contributed by atoms with Crippen molar-refractivity contribution in [3.63, 3.8) is 0 Å². The molecule has 17 nitrogen and oxygen atoms in total. The van der Waals surface area contributed by atoms with Crippen molar-refractivity contribution < 1.29 is 37.5 Å². The van der Waals surface area contributed by atoms with Crippen molar-refractivity contribution in [3.05, 3.63) is 54.1 Å². The summed E-state index contributed by atoms with van der Waals surface area (Å²) in [6.45, 7) is -0.732. The van der Waals surface area contributed by atoms with Crippen molar-refractivity contribution in [3.8, 4) is 0 Å². The molecule has 3 rings (SSSR count). The van der Waals surface area contributed by atoms with Crippen LogP contribution in [0, 0.1) is 5.41 Å². The summed E-state index contributed by atoms with van der Waals surface area (Å²) in [6.07, 6.45) is 1.17. The summed E-state index contributed by atoms with van der Waals surface area (Å²) in [7, 11) is -4.01. The van der Waals surface area contributed by atoms with Gasteiger partial charge in [-0.3, -0.25) is 24.6 Å². The standard InChI is InChI=1S/C28H37N9O8S/c29-10-4-9-23(38)34-18-12-17(13-19(14-18)35-28(30)31)25(40)33-16-24(39)32-15-21(27(42)43)36-26(41)22-8-5-11-37(22)46(44,45)20-6-2-1-3-7-20/h1-3,6-7,12-14,21-22H,4-5,8-11,15-16,29H2,(H,32,39)(H,33,40)(H,34,38)(H,36,41)(H,42,43)(H4,30,31,35). The molecule has 0 bridgehead atoms. The second-order valence-electron chi connectivity index (χ2n) is 10.3. The van der Waals surface area contributed by atoms with Crippen LogP contribution < -0.4 is 38.1 Å². The number of carboxylic acid groups (broad SMARTS) is 1. The molecule has 1 aliphatic rings. The summed E-state index contributed by atoms with van der Waals surface area (Å²) in [6, 6.07) is 8.97. The number of benzene rings is 2. The highest BCUT2D eigenvalue weighted by molar-refractivity contribution is 7.89. The second kappa shape index (κ2) is 16.3. The van der Waals surface area contributed by atoms with Crippen molar-refractivity contribution in [2.24, 2.45) is 11.5 Å². The Morgan fingerprint density at radius 3 is 2.30 bits per heavy atom. The lowest BCUT2D eigenvalue weighted by Crippen LogP contribution is -2.54. The first-order valence-corrected chi connectivity index (χ1v) is 15.7. The van der Waals surface area contributed by atoms with Gasteiger partial charge in [-0.15, -0.1) is 0 Å². The smallest absolute Gasteiger partial charge is 0.328 e. The fourth-order valence-electron chi connectivity index (χ4n) is 4.57. The van der Waals surface area contributed by atoms with Gasteiger partial charge in [-0.1, -0.05) is 18.2 Å². The predicted octanol–water partition coefficient (Wildman–Crippen LogP) is -1.06. The molecule has 46 heavy (non-hydrogen) atoms. The number of hydrogen-bond acceptors (Lipinski definition) is 9. The van der Waals surface area contributed by atoms with E-state index in [2.05, 4.69) is 26.6 Å². The fourth-order valence-corrected chi connectivity index (χ4v) is 6.25. The number of aliphatic carboxylic acids is 1. The first-order valence-electron chi connectivity index (χ1n) is 14.2. The van der Waals surface area contributed by atoms with Crippen LogP contribution in [0.1, 0.15) is 36.0 Å². The van der Waals surface area contributed by atoms with Crippen LogP contribution in [0.2, 0.25) is 0 Å². The molecule has 2 unspecified atom stereocenters. The SMILES string of the molecule is N=C(N)Nc1cc(NC(=O)CCCN)cc(C(=O)NCC(=O)NCC(NC(=O)C2CCCN2S(=O)(=O)c2ccccc2)C(=O)O)c1. The summed E-state index contributed by atoms with van der Waals surface area (Å²) in [5.41, 5.74) is 11.3. The third kappa shape index (κ3) is 9.98. The van der Waals surface area contributed by atoms with Gasteiger partial charge in [-0.05, 0) is 56.1 Å². The molecule has 0 aromatic heterocycles. The minimum atomic E-state index is -4.01. The van der Waals surface area contributed by atoms with Crippen molar-refractivity contribution in [2.45, 2.75) is 42.7 Å². The van der Waals surface area contributed by atoms with Crippen LogP contribution in [0.3, 0.4) is 0 Å². The number of hydrogen-bond donors (Lipinski definition) is 9. The van der Waals surface area contributed by atoms with E-state index < -0.39 is 64.8 Å². The lowest BCUT2D eigenvalue weighted by molar-refractivity contribution is -0.142. The van der Waals surface area contributed by atoms with E-state index in [1.165, 1.54) is 30.3 Å². The zero-order valence-electron chi connectivity index (χ0n) is 24.7. The molecule has 0 saturated carbocycles. The third-order valence-electron chi connectivity index (χ3n) is 6.75. The van der Waals surface area contributed by atoms with Gasteiger partial charge < -0.3 is 43.2 Å². The molecular weight excluding hydrogens is 622 g/mol. The molecule has 0 radical (unpaired) electrons. The number of anilines is 2. The van der Waals surface area contributed by atoms with Crippen LogP contribution in [-0.4, -0.2) is 91.6 Å². The van der Waals surface area contributed by atoms with E-state index in [1.54, 1.807) is 18.2 Å². The Labute approximate surface area is 265 Å². The quantitative estimate of drug-likeness (QED) is 0.0820. The van der Waals surface area contributed by atoms with Gasteiger partial charge in [-0.2, -0.15) is 4.31 Å². The highest BCUT2D eigenvalue weighted by Crippen LogP contribution is 2.26. The molecule has 2 aromatic carbocycles. The largest absolute Gasteiger partial charge is 0.480 e. The molecule has 1 aliphatic heterocycles. The Morgan fingerprint density at radius 2 is 1.67 bits per heavy atom. The number of nitrogens with two attached hydrogens (primary N) is 2. The number of amides is 4. The number of carbonyl (C=O) groups is 5. The average Bonchev–Trinajstić information content (AvgIpc) is 3.52. The van der Waals surface area contributed by atoms with Gasteiger partial charge >= 0.3 is 5.97 Å². The topological polar surface area (TPSA) is 279 Å². The molecular formula is C28H37N9O8S. The monoisotopic (exact) mass is 659 g/mol. The average molecular weight is 660 g/mol. The highest BCUT2D eigenvalue weighted by Gasteiger charge is 2.40. The van der Waals surface area contributed by atoms with Crippen molar-refractivity contribution >= 4 is 57.0 Å². The van der Waals surface area contributed by atoms with Crippen molar-refractivity contribution in [1.82, 2.24) is 20.3 Å². The zero-order valence-corrected chi connectivity index (χ0v) is 25.6. The molecule has 1 heterocycles. The Morgan fingerprint density at radius 1 is 1.00 bits per heavy atom. The van der Waals surface area contributed by atoms with Crippen LogP contribution in [0.4, 0.5) is 11.4 Å². The zero-order chi connectivity index (χ0) is 33.9. The van der Waals surface area contributed by atoms with Gasteiger partial charge in [0.15, 0.2) is 5.96 Å². The van der Waals surface area contributed by atoms with E-state index in [-0.39, 0.29) is 47.1 Å². The maximum atomic E-state index is 13.1. The van der Waals surface area contributed by atoms with Gasteiger partial charge in [0.05, 0.1) is 11.4 Å².